The molecule has 0 aliphatic carbocycles. The van der Waals surface area contributed by atoms with E-state index in [0.29, 0.717) is 13.1 Å². The molecule has 0 radical (unpaired) electrons. The van der Waals surface area contributed by atoms with Crippen LogP contribution in [0.1, 0.15) is 25.3 Å². The summed E-state index contributed by atoms with van der Waals surface area (Å²) >= 11 is 0. The first kappa shape index (κ1) is 17.3. The Morgan fingerprint density at radius 3 is 2.59 bits per heavy atom. The number of nitrogens with zero attached hydrogens (tertiary/aromatic N) is 4. The van der Waals surface area contributed by atoms with Crippen LogP contribution in [0.3, 0.4) is 0 Å². The molecule has 2 heterocycles. The zero-order chi connectivity index (χ0) is 16.2. The predicted molar refractivity (Wildman–Crippen MR) is 87.5 cm³/mol. The van der Waals surface area contributed by atoms with Crippen molar-refractivity contribution in [1.29, 1.82) is 0 Å². The first-order valence-electron chi connectivity index (χ1n) is 7.75. The summed E-state index contributed by atoms with van der Waals surface area (Å²) in [6.45, 7) is 5.05. The molecule has 0 bridgehead atoms. The largest absolute Gasteiger partial charge is 0.295 e. The van der Waals surface area contributed by atoms with E-state index in [0.717, 1.165) is 25.9 Å². The fourth-order valence-electron chi connectivity index (χ4n) is 2.88. The predicted octanol–water partition coefficient (Wildman–Crippen LogP) is 1.17. The molecule has 0 spiro atoms. The fraction of sp³-hybridized carbons (Fsp3) is 0.667. The second-order valence-electron chi connectivity index (χ2n) is 5.86. The molecule has 1 atom stereocenters. The van der Waals surface area contributed by atoms with Gasteiger partial charge in [0.05, 0.1) is 0 Å². The van der Waals surface area contributed by atoms with Crippen molar-refractivity contribution in [2.24, 2.45) is 0 Å². The van der Waals surface area contributed by atoms with Crippen molar-refractivity contribution in [2.45, 2.75) is 32.4 Å². The maximum absolute atomic E-state index is 12.3. The van der Waals surface area contributed by atoms with Gasteiger partial charge in [0.1, 0.15) is 0 Å². The molecule has 22 heavy (non-hydrogen) atoms. The number of aromatic nitrogens is 1. The zero-order valence-electron chi connectivity index (χ0n) is 13.6. The number of pyridine rings is 1. The third-order valence-electron chi connectivity index (χ3n) is 4.20. The van der Waals surface area contributed by atoms with Crippen molar-refractivity contribution in [3.63, 3.8) is 0 Å². The summed E-state index contributed by atoms with van der Waals surface area (Å²) in [4.78, 5) is 6.40. The summed E-state index contributed by atoms with van der Waals surface area (Å²) < 4.78 is 27.6. The van der Waals surface area contributed by atoms with Crippen LogP contribution < -0.4 is 0 Å². The maximum Gasteiger partial charge on any atom is 0.281 e. The average molecular weight is 326 g/mol. The molecular weight excluding hydrogens is 300 g/mol. The fourth-order valence-corrected chi connectivity index (χ4v) is 4.06. The number of rotatable bonds is 6. The second-order valence-corrected chi connectivity index (χ2v) is 8.01. The molecule has 0 unspecified atom stereocenters. The van der Waals surface area contributed by atoms with Crippen molar-refractivity contribution in [3.8, 4) is 0 Å². The van der Waals surface area contributed by atoms with Gasteiger partial charge in [-0.3, -0.25) is 9.88 Å². The molecule has 1 aliphatic heterocycles. The van der Waals surface area contributed by atoms with Gasteiger partial charge in [-0.25, -0.2) is 0 Å². The van der Waals surface area contributed by atoms with Gasteiger partial charge in [-0.05, 0) is 37.1 Å². The molecule has 1 aromatic heterocycles. The third-order valence-corrected chi connectivity index (χ3v) is 6.11. The summed E-state index contributed by atoms with van der Waals surface area (Å²) in [7, 11) is -0.136. The molecule has 0 saturated carbocycles. The Morgan fingerprint density at radius 1 is 1.32 bits per heavy atom. The van der Waals surface area contributed by atoms with Crippen LogP contribution >= 0.6 is 0 Å². The molecular formula is C15H26N4O2S. The minimum Gasteiger partial charge on any atom is -0.295 e. The van der Waals surface area contributed by atoms with E-state index < -0.39 is 10.2 Å². The molecule has 1 aromatic rings. The van der Waals surface area contributed by atoms with Crippen molar-refractivity contribution < 1.29 is 8.42 Å². The number of hydrogen-bond acceptors (Lipinski definition) is 4. The summed E-state index contributed by atoms with van der Waals surface area (Å²) in [5, 5.41) is 0. The van der Waals surface area contributed by atoms with Gasteiger partial charge in [-0.1, -0.05) is 6.92 Å². The van der Waals surface area contributed by atoms with Crippen LogP contribution in [0.4, 0.5) is 0 Å². The van der Waals surface area contributed by atoms with Crippen molar-refractivity contribution in [3.05, 3.63) is 30.1 Å². The van der Waals surface area contributed by atoms with Crippen molar-refractivity contribution >= 4 is 10.2 Å². The van der Waals surface area contributed by atoms with Gasteiger partial charge >= 0.3 is 0 Å². The molecule has 124 valence electrons. The Labute approximate surface area is 133 Å². The molecule has 0 N–H and O–H groups in total. The van der Waals surface area contributed by atoms with Gasteiger partial charge in [0.15, 0.2) is 0 Å². The highest BCUT2D eigenvalue weighted by molar-refractivity contribution is 7.86. The van der Waals surface area contributed by atoms with E-state index in [1.807, 2.05) is 12.1 Å². The topological polar surface area (TPSA) is 56.8 Å². The quantitative estimate of drug-likeness (QED) is 0.787. The van der Waals surface area contributed by atoms with E-state index in [9.17, 15) is 8.42 Å². The molecule has 6 nitrogen and oxygen atoms in total. The van der Waals surface area contributed by atoms with E-state index in [-0.39, 0.29) is 6.04 Å². The monoisotopic (exact) mass is 326 g/mol. The van der Waals surface area contributed by atoms with E-state index in [2.05, 4.69) is 16.8 Å². The van der Waals surface area contributed by atoms with Gasteiger partial charge in [0.2, 0.25) is 0 Å². The van der Waals surface area contributed by atoms with Crippen LogP contribution in [0.5, 0.6) is 0 Å². The molecule has 1 saturated heterocycles. The number of piperidine rings is 1. The highest BCUT2D eigenvalue weighted by Gasteiger charge is 2.32. The number of hydrogen-bond donors (Lipinski definition) is 0. The van der Waals surface area contributed by atoms with Crippen LogP contribution in [-0.2, 0) is 16.8 Å². The SMILES string of the molecule is CCN(Cc1ccncc1)[C@H]1CCCN(S(=O)(=O)N(C)C)C1. The molecule has 7 heteroatoms. The Hall–Kier alpha value is -1.02. The first-order valence-corrected chi connectivity index (χ1v) is 9.15. The molecule has 2 rings (SSSR count). The summed E-state index contributed by atoms with van der Waals surface area (Å²) in [6.07, 6.45) is 5.54. The zero-order valence-corrected chi connectivity index (χ0v) is 14.5. The van der Waals surface area contributed by atoms with Crippen LogP contribution in [0.25, 0.3) is 0 Å². The normalized spacial score (nSPS) is 20.7. The van der Waals surface area contributed by atoms with Gasteiger partial charge in [-0.2, -0.15) is 17.0 Å². The Kier molecular flexibility index (Phi) is 5.91. The van der Waals surface area contributed by atoms with Crippen molar-refractivity contribution in [1.82, 2.24) is 18.5 Å². The van der Waals surface area contributed by atoms with Crippen LogP contribution in [0.15, 0.2) is 24.5 Å². The Balaban J connectivity index is 2.07. The van der Waals surface area contributed by atoms with Gasteiger partial charge in [0.25, 0.3) is 10.2 Å². The average Bonchev–Trinajstić information content (AvgIpc) is 2.53. The molecule has 0 aromatic carbocycles. The lowest BCUT2D eigenvalue weighted by molar-refractivity contribution is 0.131. The van der Waals surface area contributed by atoms with Gasteiger partial charge in [0, 0.05) is 52.2 Å². The van der Waals surface area contributed by atoms with Gasteiger partial charge < -0.3 is 0 Å². The molecule has 1 aliphatic rings. The lowest BCUT2D eigenvalue weighted by atomic mass is 10.1. The van der Waals surface area contributed by atoms with Crippen molar-refractivity contribution in [2.75, 3.05) is 33.7 Å². The van der Waals surface area contributed by atoms with E-state index in [1.165, 1.54) is 9.87 Å². The summed E-state index contributed by atoms with van der Waals surface area (Å²) in [6, 6.07) is 4.29. The number of likely N-dealkylation sites (N-methyl/N-ethyl adjacent to an activating group) is 1. The highest BCUT2D eigenvalue weighted by Crippen LogP contribution is 2.21. The lowest BCUT2D eigenvalue weighted by Crippen LogP contribution is -2.52. The standard InChI is InChI=1S/C15H26N4O2S/c1-4-18(12-14-7-9-16-10-8-14)15-6-5-11-19(13-15)22(20,21)17(2)3/h7-10,15H,4-6,11-13H2,1-3H3/t15-/m0/s1. The molecule has 1 fully saturated rings. The Bertz CT molecular complexity index is 562. The summed E-state index contributed by atoms with van der Waals surface area (Å²) in [5.41, 5.74) is 1.21. The van der Waals surface area contributed by atoms with Crippen LogP contribution in [0, 0.1) is 0 Å². The molecule has 0 amide bonds. The van der Waals surface area contributed by atoms with Crippen LogP contribution in [-0.4, -0.2) is 66.7 Å². The minimum absolute atomic E-state index is 0.265. The maximum atomic E-state index is 12.3. The second kappa shape index (κ2) is 7.50. The van der Waals surface area contributed by atoms with E-state index in [1.54, 1.807) is 30.8 Å². The smallest absolute Gasteiger partial charge is 0.281 e. The van der Waals surface area contributed by atoms with Gasteiger partial charge in [-0.15, -0.1) is 0 Å². The Morgan fingerprint density at radius 2 is 2.00 bits per heavy atom. The third kappa shape index (κ3) is 4.04. The highest BCUT2D eigenvalue weighted by atomic mass is 32.2. The minimum atomic E-state index is -3.32. The lowest BCUT2D eigenvalue weighted by Gasteiger charge is -2.39. The van der Waals surface area contributed by atoms with E-state index in [4.69, 9.17) is 0 Å². The first-order chi connectivity index (χ1) is 10.4. The van der Waals surface area contributed by atoms with Crippen LogP contribution in [0.2, 0.25) is 0 Å². The van der Waals surface area contributed by atoms with E-state index >= 15 is 0 Å². The summed E-state index contributed by atoms with van der Waals surface area (Å²) in [5.74, 6) is 0.